The van der Waals surface area contributed by atoms with Gasteiger partial charge in [0, 0.05) is 18.7 Å². The molecular weight excluding hydrogens is 308 g/mol. The van der Waals surface area contributed by atoms with E-state index in [1.54, 1.807) is 0 Å². The number of nitrogens with one attached hydrogen (secondary N) is 1. The van der Waals surface area contributed by atoms with Gasteiger partial charge in [-0.15, -0.1) is 0 Å². The highest BCUT2D eigenvalue weighted by Crippen LogP contribution is 2.29. The zero-order valence-electron chi connectivity index (χ0n) is 13.6. The quantitative estimate of drug-likeness (QED) is 0.841. The summed E-state index contributed by atoms with van der Waals surface area (Å²) in [4.78, 5) is 0. The van der Waals surface area contributed by atoms with E-state index in [0.717, 1.165) is 25.3 Å². The van der Waals surface area contributed by atoms with Gasteiger partial charge in [0.2, 0.25) is 0 Å². The van der Waals surface area contributed by atoms with Crippen molar-refractivity contribution < 1.29 is 13.9 Å². The highest BCUT2D eigenvalue weighted by atomic mass is 19.1. The van der Waals surface area contributed by atoms with Crippen LogP contribution in [0.4, 0.5) is 8.78 Å². The highest BCUT2D eigenvalue weighted by Gasteiger charge is 2.20. The summed E-state index contributed by atoms with van der Waals surface area (Å²) in [5.41, 5.74) is 3.28. The van der Waals surface area contributed by atoms with E-state index < -0.39 is 17.7 Å². The Morgan fingerprint density at radius 3 is 2.67 bits per heavy atom. The fourth-order valence-electron chi connectivity index (χ4n) is 3.43. The molecule has 0 fully saturated rings. The van der Waals surface area contributed by atoms with E-state index in [-0.39, 0.29) is 6.04 Å². The van der Waals surface area contributed by atoms with Gasteiger partial charge in [-0.3, -0.25) is 0 Å². The molecule has 2 aromatic carbocycles. The van der Waals surface area contributed by atoms with Gasteiger partial charge in [-0.2, -0.15) is 0 Å². The molecule has 1 aliphatic rings. The van der Waals surface area contributed by atoms with Crippen LogP contribution in [0.3, 0.4) is 0 Å². The van der Waals surface area contributed by atoms with Crippen molar-refractivity contribution in [3.8, 4) is 0 Å². The molecule has 0 spiro atoms. The SMILES string of the molecule is OC(CCc1cc(F)cc(F)c1)CNC1CCCc2ccccc21. The molecule has 0 saturated carbocycles. The van der Waals surface area contributed by atoms with Gasteiger partial charge in [0.1, 0.15) is 11.6 Å². The van der Waals surface area contributed by atoms with Gasteiger partial charge >= 0.3 is 0 Å². The Morgan fingerprint density at radius 1 is 1.12 bits per heavy atom. The number of halogens is 2. The van der Waals surface area contributed by atoms with Crippen LogP contribution in [0.1, 0.15) is 42.0 Å². The van der Waals surface area contributed by atoms with Gasteiger partial charge in [-0.05, 0) is 60.9 Å². The minimum absolute atomic E-state index is 0.274. The maximum atomic E-state index is 13.2. The molecule has 128 valence electrons. The molecule has 0 amide bonds. The van der Waals surface area contributed by atoms with E-state index in [4.69, 9.17) is 0 Å². The predicted molar refractivity (Wildman–Crippen MR) is 90.8 cm³/mol. The Bertz CT molecular complexity index is 669. The number of benzene rings is 2. The van der Waals surface area contributed by atoms with Crippen LogP contribution in [0.15, 0.2) is 42.5 Å². The Morgan fingerprint density at radius 2 is 1.88 bits per heavy atom. The summed E-state index contributed by atoms with van der Waals surface area (Å²) in [6.07, 6.45) is 3.72. The van der Waals surface area contributed by atoms with Crippen LogP contribution in [0.25, 0.3) is 0 Å². The first-order valence-electron chi connectivity index (χ1n) is 8.56. The minimum Gasteiger partial charge on any atom is -0.392 e. The summed E-state index contributed by atoms with van der Waals surface area (Å²) < 4.78 is 26.3. The highest BCUT2D eigenvalue weighted by molar-refractivity contribution is 5.32. The Balaban J connectivity index is 1.50. The average molecular weight is 331 g/mol. The molecule has 2 atom stereocenters. The van der Waals surface area contributed by atoms with Crippen LogP contribution in [-0.2, 0) is 12.8 Å². The Kier molecular flexibility index (Phi) is 5.59. The van der Waals surface area contributed by atoms with Crippen molar-refractivity contribution in [2.24, 2.45) is 0 Å². The summed E-state index contributed by atoms with van der Waals surface area (Å²) in [6.45, 7) is 0.483. The topological polar surface area (TPSA) is 32.3 Å². The number of aliphatic hydroxyl groups is 1. The summed E-state index contributed by atoms with van der Waals surface area (Å²) in [5, 5.41) is 13.6. The van der Waals surface area contributed by atoms with Crippen molar-refractivity contribution in [3.05, 3.63) is 70.8 Å². The van der Waals surface area contributed by atoms with Crippen LogP contribution >= 0.6 is 0 Å². The molecule has 2 nitrogen and oxygen atoms in total. The van der Waals surface area contributed by atoms with Gasteiger partial charge in [0.25, 0.3) is 0 Å². The van der Waals surface area contributed by atoms with Gasteiger partial charge in [-0.25, -0.2) is 8.78 Å². The molecule has 0 bridgehead atoms. The second kappa shape index (κ2) is 7.86. The van der Waals surface area contributed by atoms with Gasteiger partial charge < -0.3 is 10.4 Å². The summed E-state index contributed by atoms with van der Waals surface area (Å²) in [7, 11) is 0. The molecule has 0 saturated heterocycles. The lowest BCUT2D eigenvalue weighted by Crippen LogP contribution is -2.32. The number of rotatable bonds is 6. The van der Waals surface area contributed by atoms with Crippen molar-refractivity contribution in [2.75, 3.05) is 6.54 Å². The van der Waals surface area contributed by atoms with E-state index in [0.29, 0.717) is 24.9 Å². The number of aliphatic hydroxyl groups excluding tert-OH is 1. The zero-order valence-corrected chi connectivity index (χ0v) is 13.6. The van der Waals surface area contributed by atoms with Gasteiger partial charge in [0.15, 0.2) is 0 Å². The standard InChI is InChI=1S/C20H23F2NO/c21-16-10-14(11-17(22)12-16)8-9-18(24)13-23-20-7-3-5-15-4-1-2-6-19(15)20/h1-2,4,6,10-12,18,20,23-24H,3,5,7-9,13H2. The lowest BCUT2D eigenvalue weighted by Gasteiger charge is -2.27. The summed E-state index contributed by atoms with van der Waals surface area (Å²) in [6, 6.07) is 12.2. The third-order valence-corrected chi connectivity index (χ3v) is 4.66. The van der Waals surface area contributed by atoms with Crippen LogP contribution in [-0.4, -0.2) is 17.8 Å². The maximum Gasteiger partial charge on any atom is 0.126 e. The Labute approximate surface area is 141 Å². The van der Waals surface area contributed by atoms with Crippen molar-refractivity contribution in [1.29, 1.82) is 0 Å². The molecule has 0 aromatic heterocycles. The molecule has 3 rings (SSSR count). The largest absolute Gasteiger partial charge is 0.392 e. The summed E-state index contributed by atoms with van der Waals surface area (Å²) >= 11 is 0. The Hall–Kier alpha value is -1.78. The van der Waals surface area contributed by atoms with Crippen LogP contribution in [0.2, 0.25) is 0 Å². The third kappa shape index (κ3) is 4.40. The monoisotopic (exact) mass is 331 g/mol. The van der Waals surface area contributed by atoms with Gasteiger partial charge in [-0.1, -0.05) is 24.3 Å². The van der Waals surface area contributed by atoms with Crippen LogP contribution < -0.4 is 5.32 Å². The first-order valence-corrected chi connectivity index (χ1v) is 8.56. The van der Waals surface area contributed by atoms with E-state index in [1.807, 2.05) is 6.07 Å². The normalized spacial score (nSPS) is 18.2. The van der Waals surface area contributed by atoms with Crippen molar-refractivity contribution >= 4 is 0 Å². The van der Waals surface area contributed by atoms with Crippen LogP contribution in [0, 0.1) is 11.6 Å². The first-order chi connectivity index (χ1) is 11.6. The smallest absolute Gasteiger partial charge is 0.126 e. The molecule has 0 heterocycles. The second-order valence-corrected chi connectivity index (χ2v) is 6.52. The van der Waals surface area contributed by atoms with Crippen molar-refractivity contribution in [1.82, 2.24) is 5.32 Å². The first kappa shape index (κ1) is 17.1. The number of fused-ring (bicyclic) bond motifs is 1. The fraction of sp³-hybridized carbons (Fsp3) is 0.400. The molecular formula is C20H23F2NO. The van der Waals surface area contributed by atoms with Crippen molar-refractivity contribution in [3.63, 3.8) is 0 Å². The maximum absolute atomic E-state index is 13.2. The van der Waals surface area contributed by atoms with Crippen LogP contribution in [0.5, 0.6) is 0 Å². The third-order valence-electron chi connectivity index (χ3n) is 4.66. The minimum atomic E-state index is -0.573. The lowest BCUT2D eigenvalue weighted by atomic mass is 9.87. The van der Waals surface area contributed by atoms with Crippen molar-refractivity contribution in [2.45, 2.75) is 44.2 Å². The molecule has 24 heavy (non-hydrogen) atoms. The molecule has 2 N–H and O–H groups in total. The number of aryl methyl sites for hydroxylation is 2. The predicted octanol–water partition coefficient (Wildman–Crippen LogP) is 3.93. The zero-order chi connectivity index (χ0) is 16.9. The molecule has 2 unspecified atom stereocenters. The number of hydrogen-bond donors (Lipinski definition) is 2. The fourth-order valence-corrected chi connectivity index (χ4v) is 3.43. The van der Waals surface area contributed by atoms with E-state index in [2.05, 4.69) is 23.5 Å². The van der Waals surface area contributed by atoms with E-state index in [9.17, 15) is 13.9 Å². The van der Waals surface area contributed by atoms with E-state index >= 15 is 0 Å². The van der Waals surface area contributed by atoms with Gasteiger partial charge in [0.05, 0.1) is 6.10 Å². The molecule has 0 radical (unpaired) electrons. The number of hydrogen-bond acceptors (Lipinski definition) is 2. The molecule has 1 aliphatic carbocycles. The molecule has 4 heteroatoms. The lowest BCUT2D eigenvalue weighted by molar-refractivity contribution is 0.156. The molecule has 0 aliphatic heterocycles. The summed E-state index contributed by atoms with van der Waals surface area (Å²) in [5.74, 6) is -1.15. The average Bonchev–Trinajstić information content (AvgIpc) is 2.57. The van der Waals surface area contributed by atoms with E-state index in [1.165, 1.54) is 23.3 Å². The molecule has 2 aromatic rings. The second-order valence-electron chi connectivity index (χ2n) is 6.52.